The Bertz CT molecular complexity index is 805. The summed E-state index contributed by atoms with van der Waals surface area (Å²) < 4.78 is 1.69. The Kier molecular flexibility index (Phi) is 7.87. The van der Waals surface area contributed by atoms with Gasteiger partial charge in [0.2, 0.25) is 0 Å². The maximum atomic E-state index is 10.8. The number of aromatic nitrogens is 2. The summed E-state index contributed by atoms with van der Waals surface area (Å²) in [6.07, 6.45) is 7.53. The Balaban J connectivity index is 1.54. The van der Waals surface area contributed by atoms with Crippen molar-refractivity contribution in [2.24, 2.45) is 12.0 Å². The van der Waals surface area contributed by atoms with Crippen LogP contribution in [0.15, 0.2) is 41.7 Å². The molecule has 3 rings (SSSR count). The van der Waals surface area contributed by atoms with Crippen molar-refractivity contribution in [1.82, 2.24) is 25.3 Å². The van der Waals surface area contributed by atoms with Gasteiger partial charge in [-0.2, -0.15) is 5.10 Å². The van der Waals surface area contributed by atoms with Crippen LogP contribution < -0.4 is 10.6 Å². The zero-order chi connectivity index (χ0) is 21.4. The number of aryl methyl sites for hydroxylation is 1. The Labute approximate surface area is 180 Å². The van der Waals surface area contributed by atoms with Crippen molar-refractivity contribution in [2.75, 3.05) is 26.2 Å². The molecule has 1 fully saturated rings. The van der Waals surface area contributed by atoms with Crippen molar-refractivity contribution in [3.63, 3.8) is 0 Å². The maximum absolute atomic E-state index is 10.8. The number of benzene rings is 1. The molecule has 7 nitrogen and oxygen atoms in total. The number of aliphatic hydroxyl groups is 1. The van der Waals surface area contributed by atoms with Crippen LogP contribution in [0.2, 0.25) is 0 Å². The molecule has 30 heavy (non-hydrogen) atoms. The Morgan fingerprint density at radius 1 is 1.13 bits per heavy atom. The lowest BCUT2D eigenvalue weighted by atomic mass is 10.00. The summed E-state index contributed by atoms with van der Waals surface area (Å²) in [5, 5.41) is 21.4. The second kappa shape index (κ2) is 10.6. The van der Waals surface area contributed by atoms with Gasteiger partial charge in [-0.25, -0.2) is 4.99 Å². The van der Waals surface area contributed by atoms with Gasteiger partial charge >= 0.3 is 0 Å². The van der Waals surface area contributed by atoms with Gasteiger partial charge in [-0.05, 0) is 50.9 Å². The van der Waals surface area contributed by atoms with E-state index < -0.39 is 5.60 Å². The molecular formula is C23H36N6O. The number of aliphatic imine (C=N–C) groups is 1. The molecular weight excluding hydrogens is 376 g/mol. The molecule has 164 valence electrons. The molecule has 0 bridgehead atoms. The van der Waals surface area contributed by atoms with Crippen LogP contribution in [0.25, 0.3) is 0 Å². The molecule has 0 radical (unpaired) electrons. The van der Waals surface area contributed by atoms with Gasteiger partial charge in [0.15, 0.2) is 5.96 Å². The highest BCUT2D eigenvalue weighted by molar-refractivity contribution is 5.79. The van der Waals surface area contributed by atoms with E-state index in [0.717, 1.165) is 18.7 Å². The smallest absolute Gasteiger partial charge is 0.191 e. The SMILES string of the molecule is CCNC(=NCc1ccc(CN2CCCCC2)cc1)NCC(C)(O)c1cnn(C)c1. The summed E-state index contributed by atoms with van der Waals surface area (Å²) in [6.45, 7) is 8.98. The van der Waals surface area contributed by atoms with E-state index in [9.17, 15) is 5.11 Å². The van der Waals surface area contributed by atoms with Crippen molar-refractivity contribution >= 4 is 5.96 Å². The lowest BCUT2D eigenvalue weighted by molar-refractivity contribution is 0.0616. The normalized spacial score (nSPS) is 17.5. The van der Waals surface area contributed by atoms with Crippen LogP contribution in [0.4, 0.5) is 0 Å². The van der Waals surface area contributed by atoms with Gasteiger partial charge in [0, 0.05) is 31.9 Å². The first-order valence-electron chi connectivity index (χ1n) is 11.0. The second-order valence-electron chi connectivity index (χ2n) is 8.38. The number of rotatable bonds is 8. The van der Waals surface area contributed by atoms with Crippen LogP contribution in [0.3, 0.4) is 0 Å². The van der Waals surface area contributed by atoms with Crippen LogP contribution in [-0.2, 0) is 25.7 Å². The van der Waals surface area contributed by atoms with Crippen LogP contribution >= 0.6 is 0 Å². The molecule has 1 aliphatic heterocycles. The fourth-order valence-electron chi connectivity index (χ4n) is 3.70. The minimum Gasteiger partial charge on any atom is -0.383 e. The van der Waals surface area contributed by atoms with E-state index in [4.69, 9.17) is 0 Å². The predicted octanol–water partition coefficient (Wildman–Crippen LogP) is 2.37. The molecule has 2 heterocycles. The number of likely N-dealkylation sites (tertiary alicyclic amines) is 1. The Morgan fingerprint density at radius 2 is 1.83 bits per heavy atom. The highest BCUT2D eigenvalue weighted by Crippen LogP contribution is 2.18. The third kappa shape index (κ3) is 6.57. The van der Waals surface area contributed by atoms with E-state index in [0.29, 0.717) is 19.0 Å². The molecule has 7 heteroatoms. The number of guanidine groups is 1. The second-order valence-corrected chi connectivity index (χ2v) is 8.38. The van der Waals surface area contributed by atoms with Crippen molar-refractivity contribution in [3.8, 4) is 0 Å². The fourth-order valence-corrected chi connectivity index (χ4v) is 3.70. The molecule has 0 spiro atoms. The summed E-state index contributed by atoms with van der Waals surface area (Å²) in [7, 11) is 1.84. The van der Waals surface area contributed by atoms with E-state index in [-0.39, 0.29) is 0 Å². The summed E-state index contributed by atoms with van der Waals surface area (Å²) in [4.78, 5) is 7.22. The van der Waals surface area contributed by atoms with Crippen LogP contribution in [0.5, 0.6) is 0 Å². The van der Waals surface area contributed by atoms with Crippen LogP contribution in [-0.4, -0.2) is 51.9 Å². The first-order valence-corrected chi connectivity index (χ1v) is 11.0. The van der Waals surface area contributed by atoms with Crippen molar-refractivity contribution in [3.05, 3.63) is 53.3 Å². The quantitative estimate of drug-likeness (QED) is 0.458. The van der Waals surface area contributed by atoms with Crippen LogP contribution in [0.1, 0.15) is 49.8 Å². The van der Waals surface area contributed by atoms with Gasteiger partial charge in [0.05, 0.1) is 19.3 Å². The number of hydrogen-bond acceptors (Lipinski definition) is 4. The lowest BCUT2D eigenvalue weighted by Gasteiger charge is -2.26. The summed E-state index contributed by atoms with van der Waals surface area (Å²) in [5.41, 5.74) is 2.29. The van der Waals surface area contributed by atoms with Gasteiger partial charge in [-0.3, -0.25) is 9.58 Å². The zero-order valence-corrected chi connectivity index (χ0v) is 18.6. The molecule has 3 N–H and O–H groups in total. The number of hydrogen-bond donors (Lipinski definition) is 3. The van der Waals surface area contributed by atoms with E-state index in [1.807, 2.05) is 20.2 Å². The van der Waals surface area contributed by atoms with Gasteiger partial charge in [0.25, 0.3) is 0 Å². The standard InChI is InChI=1S/C23H36N6O/c1-4-24-22(26-18-23(2,30)21-15-27-28(3)17-21)25-14-19-8-10-20(11-9-19)16-29-12-6-5-7-13-29/h8-11,15,17,30H,4-7,12-14,16,18H2,1-3H3,(H2,24,25,26). The predicted molar refractivity (Wildman–Crippen MR) is 121 cm³/mol. The summed E-state index contributed by atoms with van der Waals surface area (Å²) >= 11 is 0. The molecule has 1 aromatic carbocycles. The molecule has 0 amide bonds. The van der Waals surface area contributed by atoms with E-state index >= 15 is 0 Å². The number of nitrogens with zero attached hydrogens (tertiary/aromatic N) is 4. The van der Waals surface area contributed by atoms with Crippen molar-refractivity contribution in [2.45, 2.75) is 51.8 Å². The summed E-state index contributed by atoms with van der Waals surface area (Å²) in [6, 6.07) is 8.76. The maximum Gasteiger partial charge on any atom is 0.191 e. The number of piperidine rings is 1. The van der Waals surface area contributed by atoms with Gasteiger partial charge in [-0.15, -0.1) is 0 Å². The van der Waals surface area contributed by atoms with Gasteiger partial charge in [-0.1, -0.05) is 30.7 Å². The molecule has 1 saturated heterocycles. The minimum atomic E-state index is -1.03. The minimum absolute atomic E-state index is 0.347. The molecule has 1 unspecified atom stereocenters. The first-order chi connectivity index (χ1) is 14.5. The largest absolute Gasteiger partial charge is 0.383 e. The Hall–Kier alpha value is -2.38. The summed E-state index contributed by atoms with van der Waals surface area (Å²) in [5.74, 6) is 0.694. The fraction of sp³-hybridized carbons (Fsp3) is 0.565. The van der Waals surface area contributed by atoms with Crippen molar-refractivity contribution in [1.29, 1.82) is 0 Å². The molecule has 1 aromatic heterocycles. The van der Waals surface area contributed by atoms with Crippen LogP contribution in [0, 0.1) is 0 Å². The Morgan fingerprint density at radius 3 is 2.47 bits per heavy atom. The average Bonchev–Trinajstić information content (AvgIpc) is 3.19. The van der Waals surface area contributed by atoms with Crippen molar-refractivity contribution < 1.29 is 5.11 Å². The topological polar surface area (TPSA) is 77.7 Å². The monoisotopic (exact) mass is 412 g/mol. The molecule has 0 saturated carbocycles. The number of nitrogens with one attached hydrogen (secondary N) is 2. The first kappa shape index (κ1) is 22.3. The average molecular weight is 413 g/mol. The molecule has 1 atom stereocenters. The van der Waals surface area contributed by atoms with E-state index in [2.05, 4.69) is 49.9 Å². The van der Waals surface area contributed by atoms with Gasteiger partial charge in [0.1, 0.15) is 5.60 Å². The third-order valence-corrected chi connectivity index (χ3v) is 5.57. The molecule has 1 aliphatic rings. The zero-order valence-electron chi connectivity index (χ0n) is 18.6. The highest BCUT2D eigenvalue weighted by Gasteiger charge is 2.25. The van der Waals surface area contributed by atoms with Gasteiger partial charge < -0.3 is 15.7 Å². The van der Waals surface area contributed by atoms with E-state index in [1.165, 1.54) is 43.5 Å². The highest BCUT2D eigenvalue weighted by atomic mass is 16.3. The van der Waals surface area contributed by atoms with E-state index in [1.54, 1.807) is 17.8 Å². The lowest BCUT2D eigenvalue weighted by Crippen LogP contribution is -2.44. The third-order valence-electron chi connectivity index (χ3n) is 5.57. The molecule has 2 aromatic rings. The molecule has 0 aliphatic carbocycles.